The van der Waals surface area contributed by atoms with Crippen molar-refractivity contribution in [2.24, 2.45) is 0 Å². The van der Waals surface area contributed by atoms with Gasteiger partial charge >= 0.3 is 0 Å². The van der Waals surface area contributed by atoms with E-state index in [9.17, 15) is 4.39 Å². The summed E-state index contributed by atoms with van der Waals surface area (Å²) >= 11 is 6.11. The van der Waals surface area contributed by atoms with E-state index in [4.69, 9.17) is 11.6 Å². The van der Waals surface area contributed by atoms with E-state index in [0.29, 0.717) is 10.7 Å². The first kappa shape index (κ1) is 15.0. The second-order valence-corrected chi connectivity index (χ2v) is 5.14. The highest BCUT2D eigenvalue weighted by atomic mass is 35.5. The molecule has 0 unspecified atom stereocenters. The maximum Gasteiger partial charge on any atom is 0.150 e. The quantitative estimate of drug-likeness (QED) is 0.857. The highest BCUT2D eigenvalue weighted by Crippen LogP contribution is 2.26. The van der Waals surface area contributed by atoms with Gasteiger partial charge in [-0.2, -0.15) is 5.10 Å². The molecule has 0 amide bonds. The van der Waals surface area contributed by atoms with E-state index >= 15 is 0 Å². The van der Waals surface area contributed by atoms with Crippen LogP contribution in [0.25, 0.3) is 5.69 Å². The van der Waals surface area contributed by atoms with Crippen LogP contribution in [0.15, 0.2) is 18.2 Å². The number of aryl methyl sites for hydroxylation is 1. The van der Waals surface area contributed by atoms with Crippen molar-refractivity contribution in [1.82, 2.24) is 15.1 Å². The number of hydrogen-bond acceptors (Lipinski definition) is 2. The topological polar surface area (TPSA) is 29.9 Å². The Hall–Kier alpha value is -1.39. The standard InChI is InChI=1S/C15H19ClFN3/c1-4-18-9-8-12-10(2)19-20(11(12)3)15-13(16)6-5-7-14(15)17/h5-7,18H,4,8-9H2,1-3H3. The Balaban J connectivity index is 2.41. The third kappa shape index (κ3) is 2.86. The summed E-state index contributed by atoms with van der Waals surface area (Å²) in [5.41, 5.74) is 3.32. The van der Waals surface area contributed by atoms with E-state index in [-0.39, 0.29) is 5.82 Å². The second-order valence-electron chi connectivity index (χ2n) is 4.73. The molecule has 0 radical (unpaired) electrons. The van der Waals surface area contributed by atoms with Gasteiger partial charge in [-0.15, -0.1) is 0 Å². The number of nitrogens with zero attached hydrogens (tertiary/aromatic N) is 2. The average Bonchev–Trinajstić information content (AvgIpc) is 2.67. The third-order valence-corrected chi connectivity index (χ3v) is 3.70. The van der Waals surface area contributed by atoms with Crippen LogP contribution >= 0.6 is 11.6 Å². The molecule has 0 atom stereocenters. The van der Waals surface area contributed by atoms with E-state index in [1.54, 1.807) is 16.8 Å². The number of likely N-dealkylation sites (N-methyl/N-ethyl adjacent to an activating group) is 1. The first-order chi connectivity index (χ1) is 9.56. The Morgan fingerprint density at radius 1 is 1.35 bits per heavy atom. The number of para-hydroxylation sites is 1. The molecular weight excluding hydrogens is 277 g/mol. The molecule has 5 heteroatoms. The van der Waals surface area contributed by atoms with Crippen LogP contribution in [0.1, 0.15) is 23.9 Å². The van der Waals surface area contributed by atoms with Gasteiger partial charge in [-0.3, -0.25) is 0 Å². The smallest absolute Gasteiger partial charge is 0.150 e. The van der Waals surface area contributed by atoms with Gasteiger partial charge in [0.15, 0.2) is 0 Å². The van der Waals surface area contributed by atoms with Gasteiger partial charge < -0.3 is 5.32 Å². The summed E-state index contributed by atoms with van der Waals surface area (Å²) in [4.78, 5) is 0. The number of halogens is 2. The summed E-state index contributed by atoms with van der Waals surface area (Å²) in [5, 5.41) is 8.10. The van der Waals surface area contributed by atoms with Crippen molar-refractivity contribution in [3.05, 3.63) is 46.0 Å². The van der Waals surface area contributed by atoms with Crippen molar-refractivity contribution in [3.63, 3.8) is 0 Å². The maximum atomic E-state index is 14.0. The molecule has 2 rings (SSSR count). The second kappa shape index (κ2) is 6.37. The lowest BCUT2D eigenvalue weighted by Gasteiger charge is -2.08. The first-order valence-corrected chi connectivity index (χ1v) is 7.14. The van der Waals surface area contributed by atoms with Gasteiger partial charge in [-0.05, 0) is 51.1 Å². The summed E-state index contributed by atoms with van der Waals surface area (Å²) in [5.74, 6) is -0.360. The Morgan fingerprint density at radius 2 is 2.10 bits per heavy atom. The van der Waals surface area contributed by atoms with Gasteiger partial charge in [-0.25, -0.2) is 9.07 Å². The third-order valence-electron chi connectivity index (χ3n) is 3.39. The fourth-order valence-electron chi connectivity index (χ4n) is 2.34. The molecule has 0 saturated carbocycles. The van der Waals surface area contributed by atoms with Gasteiger partial charge in [0.2, 0.25) is 0 Å². The van der Waals surface area contributed by atoms with Crippen LogP contribution in [0, 0.1) is 19.7 Å². The Morgan fingerprint density at radius 3 is 2.75 bits per heavy atom. The summed E-state index contributed by atoms with van der Waals surface area (Å²) < 4.78 is 15.6. The van der Waals surface area contributed by atoms with Crippen molar-refractivity contribution in [3.8, 4) is 5.69 Å². The molecule has 0 fully saturated rings. The number of hydrogen-bond donors (Lipinski definition) is 1. The van der Waals surface area contributed by atoms with Crippen LogP contribution in [-0.4, -0.2) is 22.9 Å². The highest BCUT2D eigenvalue weighted by molar-refractivity contribution is 6.32. The van der Waals surface area contributed by atoms with Crippen LogP contribution in [0.5, 0.6) is 0 Å². The summed E-state index contributed by atoms with van der Waals surface area (Å²) in [6.07, 6.45) is 0.873. The molecule has 1 heterocycles. The molecule has 0 aliphatic heterocycles. The zero-order chi connectivity index (χ0) is 14.7. The van der Waals surface area contributed by atoms with Crippen molar-refractivity contribution >= 4 is 11.6 Å². The first-order valence-electron chi connectivity index (χ1n) is 6.76. The molecule has 0 bridgehead atoms. The fraction of sp³-hybridized carbons (Fsp3) is 0.400. The summed E-state index contributed by atoms with van der Waals surface area (Å²) in [7, 11) is 0. The monoisotopic (exact) mass is 295 g/mol. The average molecular weight is 296 g/mol. The molecule has 20 heavy (non-hydrogen) atoms. The van der Waals surface area contributed by atoms with Gasteiger partial charge in [0.1, 0.15) is 11.5 Å². The van der Waals surface area contributed by atoms with E-state index in [2.05, 4.69) is 17.3 Å². The van der Waals surface area contributed by atoms with Crippen molar-refractivity contribution in [2.75, 3.05) is 13.1 Å². The zero-order valence-corrected chi connectivity index (χ0v) is 12.8. The normalized spacial score (nSPS) is 11.1. The minimum Gasteiger partial charge on any atom is -0.317 e. The molecule has 0 saturated heterocycles. The fourth-order valence-corrected chi connectivity index (χ4v) is 2.58. The van der Waals surface area contributed by atoms with Crippen LogP contribution in [0.2, 0.25) is 5.02 Å². The number of rotatable bonds is 5. The molecule has 0 aliphatic rings. The van der Waals surface area contributed by atoms with Gasteiger partial charge in [0, 0.05) is 5.69 Å². The van der Waals surface area contributed by atoms with Crippen LogP contribution in [0.4, 0.5) is 4.39 Å². The van der Waals surface area contributed by atoms with Gasteiger partial charge in [0.25, 0.3) is 0 Å². The molecular formula is C15H19ClFN3. The predicted octanol–water partition coefficient (Wildman–Crippen LogP) is 3.43. The lowest BCUT2D eigenvalue weighted by Crippen LogP contribution is -2.16. The molecule has 0 spiro atoms. The molecule has 1 aromatic heterocycles. The van der Waals surface area contributed by atoms with E-state index in [0.717, 1.165) is 36.5 Å². The van der Waals surface area contributed by atoms with Crippen molar-refractivity contribution < 1.29 is 4.39 Å². The number of benzene rings is 1. The molecule has 1 aromatic carbocycles. The molecule has 108 valence electrons. The predicted molar refractivity (Wildman–Crippen MR) is 80.3 cm³/mol. The highest BCUT2D eigenvalue weighted by Gasteiger charge is 2.17. The van der Waals surface area contributed by atoms with Crippen molar-refractivity contribution in [1.29, 1.82) is 0 Å². The minimum atomic E-state index is -0.360. The van der Waals surface area contributed by atoms with Crippen molar-refractivity contribution in [2.45, 2.75) is 27.2 Å². The lowest BCUT2D eigenvalue weighted by atomic mass is 10.1. The van der Waals surface area contributed by atoms with Gasteiger partial charge in [-0.1, -0.05) is 24.6 Å². The summed E-state index contributed by atoms with van der Waals surface area (Å²) in [6.45, 7) is 7.78. The van der Waals surface area contributed by atoms with Crippen LogP contribution in [-0.2, 0) is 6.42 Å². The van der Waals surface area contributed by atoms with E-state index in [1.807, 2.05) is 13.8 Å². The van der Waals surface area contributed by atoms with Crippen LogP contribution in [0.3, 0.4) is 0 Å². The Kier molecular flexibility index (Phi) is 4.78. The number of aromatic nitrogens is 2. The lowest BCUT2D eigenvalue weighted by molar-refractivity contribution is 0.608. The summed E-state index contributed by atoms with van der Waals surface area (Å²) in [6, 6.07) is 4.67. The van der Waals surface area contributed by atoms with Gasteiger partial charge in [0.05, 0.1) is 10.7 Å². The SMILES string of the molecule is CCNCCc1c(C)nn(-c2c(F)cccc2Cl)c1C. The van der Waals surface area contributed by atoms with E-state index < -0.39 is 0 Å². The molecule has 1 N–H and O–H groups in total. The molecule has 3 nitrogen and oxygen atoms in total. The Labute approximate surface area is 123 Å². The largest absolute Gasteiger partial charge is 0.317 e. The van der Waals surface area contributed by atoms with Crippen LogP contribution < -0.4 is 5.32 Å². The van der Waals surface area contributed by atoms with E-state index in [1.165, 1.54) is 6.07 Å². The zero-order valence-electron chi connectivity index (χ0n) is 12.0. The molecule has 0 aliphatic carbocycles. The maximum absolute atomic E-state index is 14.0. The molecule has 2 aromatic rings. The number of nitrogens with one attached hydrogen (secondary N) is 1. The Bertz CT molecular complexity index is 587. The minimum absolute atomic E-state index is 0.324.